The predicted molar refractivity (Wildman–Crippen MR) is 94.9 cm³/mol. The fourth-order valence-electron chi connectivity index (χ4n) is 1.94. The van der Waals surface area contributed by atoms with Crippen molar-refractivity contribution in [3.8, 4) is 5.75 Å². The highest BCUT2D eigenvalue weighted by Crippen LogP contribution is 2.12. The Bertz CT molecular complexity index is 912. The normalized spacial score (nSPS) is 11.9. The highest BCUT2D eigenvalue weighted by atomic mass is 32.2. The average Bonchev–Trinajstić information content (AvgIpc) is 2.64. The highest BCUT2D eigenvalue weighted by Gasteiger charge is 2.11. The van der Waals surface area contributed by atoms with Crippen LogP contribution >= 0.6 is 0 Å². The van der Waals surface area contributed by atoms with Crippen molar-refractivity contribution >= 4 is 21.6 Å². The van der Waals surface area contributed by atoms with Gasteiger partial charge in [-0.2, -0.15) is 5.10 Å². The van der Waals surface area contributed by atoms with Gasteiger partial charge in [-0.3, -0.25) is 4.79 Å². The predicted octanol–water partition coefficient (Wildman–Crippen LogP) is 1.65. The van der Waals surface area contributed by atoms with Crippen molar-refractivity contribution in [3.05, 3.63) is 59.9 Å². The van der Waals surface area contributed by atoms with Crippen molar-refractivity contribution in [1.82, 2.24) is 10.1 Å². The molecule has 0 spiro atoms. The summed E-state index contributed by atoms with van der Waals surface area (Å²) in [4.78, 5) is 11.9. The fraction of sp³-hybridized carbons (Fsp3) is 0.176. The largest absolute Gasteiger partial charge is 0.484 e. The standard InChI is InChI=1S/C17H18FN3O4S/c1-12(13-6-8-16(9-7-13)26(23,24)19-2)20-21-17(22)11-25-15-5-3-4-14(18)10-15/h3-10,19H,11H2,1-2H3,(H,21,22)/b20-12-. The van der Waals surface area contributed by atoms with Crippen LogP contribution in [0.3, 0.4) is 0 Å². The van der Waals surface area contributed by atoms with Gasteiger partial charge < -0.3 is 4.74 Å². The molecule has 138 valence electrons. The van der Waals surface area contributed by atoms with E-state index in [2.05, 4.69) is 15.2 Å². The topological polar surface area (TPSA) is 96.9 Å². The molecule has 0 atom stereocenters. The van der Waals surface area contributed by atoms with Gasteiger partial charge in [0, 0.05) is 6.07 Å². The van der Waals surface area contributed by atoms with Crippen LogP contribution in [0.2, 0.25) is 0 Å². The number of carbonyl (C=O) groups excluding carboxylic acids is 1. The SMILES string of the molecule is CNS(=O)(=O)c1ccc(/C(C)=N\NC(=O)COc2cccc(F)c2)cc1. The zero-order valence-electron chi connectivity index (χ0n) is 14.2. The lowest BCUT2D eigenvalue weighted by Crippen LogP contribution is -2.25. The van der Waals surface area contributed by atoms with Crippen molar-refractivity contribution in [1.29, 1.82) is 0 Å². The molecule has 0 aliphatic heterocycles. The van der Waals surface area contributed by atoms with Crippen molar-refractivity contribution in [2.45, 2.75) is 11.8 Å². The Labute approximate surface area is 150 Å². The van der Waals surface area contributed by atoms with Crippen molar-refractivity contribution in [2.75, 3.05) is 13.7 Å². The molecule has 0 heterocycles. The summed E-state index contributed by atoms with van der Waals surface area (Å²) in [5, 5.41) is 3.93. The van der Waals surface area contributed by atoms with Gasteiger partial charge in [0.15, 0.2) is 6.61 Å². The van der Waals surface area contributed by atoms with E-state index in [9.17, 15) is 17.6 Å². The first-order chi connectivity index (χ1) is 12.3. The molecule has 0 aliphatic carbocycles. The molecule has 0 bridgehead atoms. The number of amides is 1. The molecule has 26 heavy (non-hydrogen) atoms. The van der Waals surface area contributed by atoms with Crippen LogP contribution in [0.4, 0.5) is 4.39 Å². The quantitative estimate of drug-likeness (QED) is 0.565. The lowest BCUT2D eigenvalue weighted by atomic mass is 10.1. The maximum Gasteiger partial charge on any atom is 0.277 e. The number of hydrogen-bond donors (Lipinski definition) is 2. The zero-order valence-corrected chi connectivity index (χ0v) is 15.0. The summed E-state index contributed by atoms with van der Waals surface area (Å²) in [6.45, 7) is 1.34. The third kappa shape index (κ3) is 5.36. The lowest BCUT2D eigenvalue weighted by molar-refractivity contribution is -0.123. The molecule has 1 amide bonds. The van der Waals surface area contributed by atoms with Gasteiger partial charge in [-0.25, -0.2) is 23.0 Å². The molecule has 7 nitrogen and oxygen atoms in total. The van der Waals surface area contributed by atoms with E-state index in [0.717, 1.165) is 0 Å². The molecular weight excluding hydrogens is 361 g/mol. The van der Waals surface area contributed by atoms with E-state index in [1.54, 1.807) is 19.1 Å². The van der Waals surface area contributed by atoms with Crippen molar-refractivity contribution in [2.24, 2.45) is 5.10 Å². The van der Waals surface area contributed by atoms with Gasteiger partial charge in [0.2, 0.25) is 10.0 Å². The van der Waals surface area contributed by atoms with Crippen LogP contribution < -0.4 is 14.9 Å². The number of hydrazone groups is 1. The third-order valence-electron chi connectivity index (χ3n) is 3.37. The molecule has 0 fully saturated rings. The van der Waals surface area contributed by atoms with Crippen molar-refractivity contribution in [3.63, 3.8) is 0 Å². The summed E-state index contributed by atoms with van der Waals surface area (Å²) < 4.78 is 43.7. The number of halogens is 1. The molecule has 0 unspecified atom stereocenters. The van der Waals surface area contributed by atoms with E-state index in [4.69, 9.17) is 4.74 Å². The second-order valence-corrected chi connectivity index (χ2v) is 7.10. The van der Waals surface area contributed by atoms with Crippen LogP contribution in [0.25, 0.3) is 0 Å². The monoisotopic (exact) mass is 379 g/mol. The number of hydrogen-bond acceptors (Lipinski definition) is 5. The highest BCUT2D eigenvalue weighted by molar-refractivity contribution is 7.89. The molecule has 2 N–H and O–H groups in total. The molecule has 0 aliphatic rings. The minimum Gasteiger partial charge on any atom is -0.484 e. The summed E-state index contributed by atoms with van der Waals surface area (Å²) in [6, 6.07) is 11.5. The van der Waals surface area contributed by atoms with Gasteiger partial charge in [0.25, 0.3) is 5.91 Å². The van der Waals surface area contributed by atoms with E-state index in [-0.39, 0.29) is 17.3 Å². The lowest BCUT2D eigenvalue weighted by Gasteiger charge is -2.07. The smallest absolute Gasteiger partial charge is 0.277 e. The van der Waals surface area contributed by atoms with E-state index < -0.39 is 21.7 Å². The summed E-state index contributed by atoms with van der Waals surface area (Å²) in [5.74, 6) is -0.731. The maximum atomic E-state index is 13.0. The van der Waals surface area contributed by atoms with Gasteiger partial charge in [-0.05, 0) is 43.8 Å². The second kappa shape index (κ2) is 8.54. The molecular formula is C17H18FN3O4S. The van der Waals surface area contributed by atoms with Crippen LogP contribution in [0.1, 0.15) is 12.5 Å². The van der Waals surface area contributed by atoms with Crippen LogP contribution in [-0.2, 0) is 14.8 Å². The first kappa shape index (κ1) is 19.5. The summed E-state index contributed by atoms with van der Waals surface area (Å²) >= 11 is 0. The molecule has 0 radical (unpaired) electrons. The van der Waals surface area contributed by atoms with Gasteiger partial charge in [0.05, 0.1) is 10.6 Å². The zero-order chi connectivity index (χ0) is 19.2. The Morgan fingerprint density at radius 1 is 1.19 bits per heavy atom. The van der Waals surface area contributed by atoms with E-state index in [1.807, 2.05) is 0 Å². The Kier molecular flexibility index (Phi) is 6.42. The van der Waals surface area contributed by atoms with Gasteiger partial charge >= 0.3 is 0 Å². The van der Waals surface area contributed by atoms with E-state index in [0.29, 0.717) is 11.3 Å². The number of ether oxygens (including phenoxy) is 1. The Morgan fingerprint density at radius 2 is 1.88 bits per heavy atom. The Hall–Kier alpha value is -2.78. The fourth-order valence-corrected chi connectivity index (χ4v) is 2.67. The Morgan fingerprint density at radius 3 is 2.50 bits per heavy atom. The van der Waals surface area contributed by atoms with Crippen LogP contribution in [-0.4, -0.2) is 33.7 Å². The number of sulfonamides is 1. The summed E-state index contributed by atoms with van der Waals surface area (Å²) in [5.41, 5.74) is 3.45. The minimum absolute atomic E-state index is 0.129. The number of rotatable bonds is 7. The number of benzene rings is 2. The van der Waals surface area contributed by atoms with Crippen molar-refractivity contribution < 1.29 is 22.3 Å². The van der Waals surface area contributed by atoms with Gasteiger partial charge in [0.1, 0.15) is 11.6 Å². The van der Waals surface area contributed by atoms with Crippen LogP contribution in [0.5, 0.6) is 5.75 Å². The molecule has 9 heteroatoms. The minimum atomic E-state index is -3.51. The van der Waals surface area contributed by atoms with Gasteiger partial charge in [-0.1, -0.05) is 18.2 Å². The average molecular weight is 379 g/mol. The maximum absolute atomic E-state index is 13.0. The Balaban J connectivity index is 1.93. The summed E-state index contributed by atoms with van der Waals surface area (Å²) in [7, 11) is -2.18. The van der Waals surface area contributed by atoms with Crippen LogP contribution in [0.15, 0.2) is 58.5 Å². The number of nitrogens with zero attached hydrogens (tertiary/aromatic N) is 1. The first-order valence-corrected chi connectivity index (χ1v) is 9.05. The summed E-state index contributed by atoms with van der Waals surface area (Å²) in [6.07, 6.45) is 0. The second-order valence-electron chi connectivity index (χ2n) is 5.21. The molecule has 2 aromatic carbocycles. The number of nitrogens with one attached hydrogen (secondary N) is 2. The molecule has 0 aromatic heterocycles. The molecule has 0 saturated carbocycles. The van der Waals surface area contributed by atoms with E-state index >= 15 is 0 Å². The molecule has 0 saturated heterocycles. The van der Waals surface area contributed by atoms with Gasteiger partial charge in [-0.15, -0.1) is 0 Å². The first-order valence-electron chi connectivity index (χ1n) is 7.57. The number of carbonyl (C=O) groups is 1. The third-order valence-corrected chi connectivity index (χ3v) is 4.80. The molecule has 2 rings (SSSR count). The van der Waals surface area contributed by atoms with Crippen LogP contribution in [0, 0.1) is 5.82 Å². The van der Waals surface area contributed by atoms with E-state index in [1.165, 1.54) is 43.4 Å². The molecule has 2 aromatic rings.